The first-order valence-corrected chi connectivity index (χ1v) is 15.4. The number of fused-ring (bicyclic) bond motifs is 9. The van der Waals surface area contributed by atoms with Gasteiger partial charge in [-0.25, -0.2) is 8.78 Å². The van der Waals surface area contributed by atoms with E-state index in [9.17, 15) is 0 Å². The van der Waals surface area contributed by atoms with Crippen LogP contribution < -0.4 is 26.2 Å². The summed E-state index contributed by atoms with van der Waals surface area (Å²) in [6.07, 6.45) is 0. The van der Waals surface area contributed by atoms with Crippen LogP contribution in [0, 0.1) is 11.6 Å². The molecule has 2 aliphatic rings. The molecular weight excluding hydrogens is 573 g/mol. The molecule has 6 heteroatoms. The summed E-state index contributed by atoms with van der Waals surface area (Å²) >= 11 is 0. The summed E-state index contributed by atoms with van der Waals surface area (Å²) in [6, 6.07) is 44.7. The number of halogens is 2. The molecule has 1 aromatic heterocycles. The first-order chi connectivity index (χ1) is 22.7. The van der Waals surface area contributed by atoms with Gasteiger partial charge in [0.15, 0.2) is 5.58 Å². The minimum atomic E-state index is -0.342. The van der Waals surface area contributed by atoms with Crippen LogP contribution in [-0.2, 0) is 0 Å². The molecule has 0 spiro atoms. The van der Waals surface area contributed by atoms with E-state index in [4.69, 9.17) is 4.42 Å². The summed E-state index contributed by atoms with van der Waals surface area (Å²) in [7, 11) is 0. The first-order valence-electron chi connectivity index (χ1n) is 15.4. The molecule has 2 aliphatic heterocycles. The Morgan fingerprint density at radius 3 is 1.85 bits per heavy atom. The molecule has 0 saturated carbocycles. The molecule has 0 N–H and O–H groups in total. The van der Waals surface area contributed by atoms with E-state index in [-0.39, 0.29) is 18.3 Å². The molecule has 7 aromatic carbocycles. The normalized spacial score (nSPS) is 13.3. The highest BCUT2D eigenvalue weighted by Crippen LogP contribution is 2.48. The van der Waals surface area contributed by atoms with Gasteiger partial charge in [0, 0.05) is 27.8 Å². The van der Waals surface area contributed by atoms with E-state index in [1.807, 2.05) is 76.5 Å². The number of para-hydroxylation sites is 3. The van der Waals surface area contributed by atoms with Gasteiger partial charge in [0.25, 0.3) is 6.71 Å². The highest BCUT2D eigenvalue weighted by atomic mass is 19.1. The lowest BCUT2D eigenvalue weighted by atomic mass is 9.33. The molecule has 216 valence electrons. The summed E-state index contributed by atoms with van der Waals surface area (Å²) < 4.78 is 38.3. The van der Waals surface area contributed by atoms with Crippen LogP contribution in [0.15, 0.2) is 144 Å². The van der Waals surface area contributed by atoms with Crippen LogP contribution in [0.3, 0.4) is 0 Å². The highest BCUT2D eigenvalue weighted by Gasteiger charge is 2.45. The quantitative estimate of drug-likeness (QED) is 0.186. The third-order valence-corrected chi connectivity index (χ3v) is 9.55. The average molecular weight is 596 g/mol. The standard InChI is InChI=1S/C40H23BF2N2O/c42-30-13-4-6-15-32(30)44-34-17-9-18-35-38(34)41(29-22-24-10-1-2-11-25(24)23-36(29)44)28-21-20-27-26-12-3-8-19-37(26)46-40(27)39(28)45(35)33-16-7-5-14-31(33)43/h1-23H. The fourth-order valence-electron chi connectivity index (χ4n) is 7.66. The van der Waals surface area contributed by atoms with Crippen molar-refractivity contribution in [3.05, 3.63) is 151 Å². The Morgan fingerprint density at radius 1 is 0.478 bits per heavy atom. The maximum atomic E-state index is 15.9. The maximum absolute atomic E-state index is 15.9. The highest BCUT2D eigenvalue weighted by molar-refractivity contribution is 7.00. The predicted octanol–water partition coefficient (Wildman–Crippen LogP) is 9.10. The van der Waals surface area contributed by atoms with Crippen LogP contribution in [0.5, 0.6) is 0 Å². The van der Waals surface area contributed by atoms with E-state index < -0.39 is 0 Å². The van der Waals surface area contributed by atoms with Crippen molar-refractivity contribution in [1.82, 2.24) is 0 Å². The molecule has 0 aliphatic carbocycles. The molecule has 0 fully saturated rings. The van der Waals surface area contributed by atoms with Crippen molar-refractivity contribution in [2.75, 3.05) is 9.80 Å². The molecule has 8 aromatic rings. The number of benzene rings is 7. The van der Waals surface area contributed by atoms with E-state index in [1.165, 1.54) is 12.1 Å². The number of anilines is 6. The Kier molecular flexibility index (Phi) is 5.16. The van der Waals surface area contributed by atoms with Gasteiger partial charge in [-0.05, 0) is 75.7 Å². The minimum Gasteiger partial charge on any atom is -0.454 e. The summed E-state index contributed by atoms with van der Waals surface area (Å²) in [6.45, 7) is -0.218. The molecular formula is C40H23BF2N2O. The van der Waals surface area contributed by atoms with Crippen LogP contribution in [-0.4, -0.2) is 6.71 Å². The van der Waals surface area contributed by atoms with Gasteiger partial charge in [0.2, 0.25) is 0 Å². The second-order valence-corrected chi connectivity index (χ2v) is 12.0. The Bertz CT molecular complexity index is 2560. The van der Waals surface area contributed by atoms with Gasteiger partial charge in [-0.2, -0.15) is 0 Å². The van der Waals surface area contributed by atoms with Gasteiger partial charge in [0.05, 0.1) is 17.1 Å². The lowest BCUT2D eigenvalue weighted by Gasteiger charge is -2.44. The number of hydrogen-bond donors (Lipinski definition) is 0. The SMILES string of the molecule is Fc1ccccc1N1c2cc3ccccc3cc2B2c3ccc4c(oc5ccccc54)c3N(c3ccccc3F)c3cccc1c32. The smallest absolute Gasteiger partial charge is 0.252 e. The summed E-state index contributed by atoms with van der Waals surface area (Å²) in [5, 5.41) is 4.14. The van der Waals surface area contributed by atoms with Crippen LogP contribution in [0.4, 0.5) is 42.9 Å². The van der Waals surface area contributed by atoms with Gasteiger partial charge in [-0.15, -0.1) is 0 Å². The molecule has 0 atom stereocenters. The predicted molar refractivity (Wildman–Crippen MR) is 185 cm³/mol. The second kappa shape index (κ2) is 9.32. The zero-order valence-electron chi connectivity index (χ0n) is 24.4. The van der Waals surface area contributed by atoms with Gasteiger partial charge in [-0.1, -0.05) is 91.0 Å². The molecule has 0 bridgehead atoms. The number of hydrogen-bond acceptors (Lipinski definition) is 3. The van der Waals surface area contributed by atoms with E-state index in [2.05, 4.69) is 42.5 Å². The summed E-state index contributed by atoms with van der Waals surface area (Å²) in [5.41, 5.74) is 8.80. The Morgan fingerprint density at radius 2 is 1.09 bits per heavy atom. The molecule has 0 radical (unpaired) electrons. The maximum Gasteiger partial charge on any atom is 0.252 e. The molecule has 3 nitrogen and oxygen atoms in total. The van der Waals surface area contributed by atoms with Crippen LogP contribution >= 0.6 is 0 Å². The molecule has 46 heavy (non-hydrogen) atoms. The van der Waals surface area contributed by atoms with Gasteiger partial charge < -0.3 is 14.2 Å². The number of furan rings is 1. The second-order valence-electron chi connectivity index (χ2n) is 12.0. The van der Waals surface area contributed by atoms with Crippen LogP contribution in [0.1, 0.15) is 0 Å². The topological polar surface area (TPSA) is 19.6 Å². The Labute approximate surface area is 263 Å². The lowest BCUT2D eigenvalue weighted by molar-refractivity contribution is 0.628. The van der Waals surface area contributed by atoms with Crippen molar-refractivity contribution in [2.24, 2.45) is 0 Å². The van der Waals surface area contributed by atoms with Gasteiger partial charge >= 0.3 is 0 Å². The number of rotatable bonds is 2. The average Bonchev–Trinajstić information content (AvgIpc) is 3.47. The van der Waals surface area contributed by atoms with E-state index >= 15 is 8.78 Å². The Hall–Kier alpha value is -5.88. The van der Waals surface area contributed by atoms with Gasteiger partial charge in [0.1, 0.15) is 17.2 Å². The van der Waals surface area contributed by atoms with Crippen molar-refractivity contribution in [3.63, 3.8) is 0 Å². The summed E-state index contributed by atoms with van der Waals surface area (Å²) in [4.78, 5) is 4.02. The van der Waals surface area contributed by atoms with Crippen LogP contribution in [0.25, 0.3) is 32.7 Å². The van der Waals surface area contributed by atoms with Crippen molar-refractivity contribution in [1.29, 1.82) is 0 Å². The summed E-state index contributed by atoms with van der Waals surface area (Å²) in [5.74, 6) is -0.658. The zero-order valence-corrected chi connectivity index (χ0v) is 24.4. The first kappa shape index (κ1) is 25.5. The third kappa shape index (κ3) is 3.36. The van der Waals surface area contributed by atoms with Crippen molar-refractivity contribution >= 4 is 89.9 Å². The monoisotopic (exact) mass is 596 g/mol. The fraction of sp³-hybridized carbons (Fsp3) is 0. The van der Waals surface area contributed by atoms with E-state index in [0.29, 0.717) is 17.0 Å². The Balaban J connectivity index is 1.38. The molecule has 0 amide bonds. The fourth-order valence-corrected chi connectivity index (χ4v) is 7.66. The third-order valence-electron chi connectivity index (χ3n) is 9.55. The van der Waals surface area contributed by atoms with E-state index in [0.717, 1.165) is 66.3 Å². The van der Waals surface area contributed by atoms with Crippen LogP contribution in [0.2, 0.25) is 0 Å². The largest absolute Gasteiger partial charge is 0.454 e. The molecule has 0 unspecified atom stereocenters. The van der Waals surface area contributed by atoms with Crippen molar-refractivity contribution < 1.29 is 13.2 Å². The molecule has 3 heterocycles. The van der Waals surface area contributed by atoms with Crippen molar-refractivity contribution in [2.45, 2.75) is 0 Å². The zero-order chi connectivity index (χ0) is 30.5. The van der Waals surface area contributed by atoms with Gasteiger partial charge in [-0.3, -0.25) is 0 Å². The van der Waals surface area contributed by atoms with Crippen molar-refractivity contribution in [3.8, 4) is 0 Å². The number of nitrogens with zero attached hydrogens (tertiary/aromatic N) is 2. The lowest BCUT2D eigenvalue weighted by Crippen LogP contribution is -2.61. The minimum absolute atomic E-state index is 0.218. The van der Waals surface area contributed by atoms with E-state index in [1.54, 1.807) is 18.2 Å². The molecule has 10 rings (SSSR count). The molecule has 0 saturated heterocycles.